The van der Waals surface area contributed by atoms with Crippen LogP contribution in [0.15, 0.2) is 65.8 Å². The first-order valence-electron chi connectivity index (χ1n) is 14.3. The largest absolute Gasteiger partial charge is 0.493 e. The molecule has 0 N–H and O–H groups in total. The molecule has 2 aromatic carbocycles. The highest BCUT2D eigenvalue weighted by atomic mass is 28.4. The molecular weight excluding hydrogens is 500 g/mol. The number of ether oxygens (including phenoxy) is 3. The summed E-state index contributed by atoms with van der Waals surface area (Å²) >= 11 is 0. The molecular formula is C34H52O4Si. The molecule has 0 aliphatic rings. The van der Waals surface area contributed by atoms with Crippen LogP contribution in [0, 0.1) is 0 Å². The van der Waals surface area contributed by atoms with Crippen LogP contribution in [0.1, 0.15) is 91.5 Å². The lowest BCUT2D eigenvalue weighted by molar-refractivity contribution is 0.101. The van der Waals surface area contributed by atoms with E-state index in [1.165, 1.54) is 11.1 Å². The molecule has 0 bridgehead atoms. The van der Waals surface area contributed by atoms with Crippen molar-refractivity contribution in [2.24, 2.45) is 0 Å². The lowest BCUT2D eigenvalue weighted by atomic mass is 9.91. The van der Waals surface area contributed by atoms with Crippen LogP contribution < -0.4 is 9.47 Å². The highest BCUT2D eigenvalue weighted by molar-refractivity contribution is 6.77. The van der Waals surface area contributed by atoms with E-state index in [0.717, 1.165) is 34.4 Å². The molecule has 0 spiro atoms. The molecule has 0 saturated carbocycles. The summed E-state index contributed by atoms with van der Waals surface area (Å²) in [5, 5.41) is 0. The van der Waals surface area contributed by atoms with E-state index < -0.39 is 8.32 Å². The lowest BCUT2D eigenvalue weighted by Crippen LogP contribution is -2.47. The highest BCUT2D eigenvalue weighted by Crippen LogP contribution is 2.45. The maximum absolute atomic E-state index is 7.15. The fraction of sp³-hybridized carbons (Fsp3) is 0.529. The van der Waals surface area contributed by atoms with Crippen molar-refractivity contribution >= 4 is 8.32 Å². The van der Waals surface area contributed by atoms with E-state index in [1.807, 2.05) is 24.3 Å². The Bertz CT molecular complexity index is 1080. The first kappa shape index (κ1) is 32.9. The van der Waals surface area contributed by atoms with Crippen LogP contribution >= 0.6 is 0 Å². The van der Waals surface area contributed by atoms with Gasteiger partial charge in [-0.3, -0.25) is 0 Å². The van der Waals surface area contributed by atoms with Crippen molar-refractivity contribution in [2.45, 2.75) is 105 Å². The summed E-state index contributed by atoms with van der Waals surface area (Å²) in [6, 6.07) is 14.3. The van der Waals surface area contributed by atoms with Crippen molar-refractivity contribution in [3.8, 4) is 11.5 Å². The van der Waals surface area contributed by atoms with Gasteiger partial charge in [-0.2, -0.15) is 0 Å². The molecule has 39 heavy (non-hydrogen) atoms. The summed E-state index contributed by atoms with van der Waals surface area (Å²) in [5.41, 5.74) is 8.14. The van der Waals surface area contributed by atoms with Gasteiger partial charge in [0.05, 0.1) is 19.8 Å². The van der Waals surface area contributed by atoms with Gasteiger partial charge < -0.3 is 18.6 Å². The van der Waals surface area contributed by atoms with Crippen LogP contribution in [0.4, 0.5) is 0 Å². The van der Waals surface area contributed by atoms with Gasteiger partial charge in [-0.15, -0.1) is 0 Å². The van der Waals surface area contributed by atoms with Gasteiger partial charge in [0.2, 0.25) is 8.32 Å². The fourth-order valence-corrected chi connectivity index (χ4v) is 11.5. The van der Waals surface area contributed by atoms with E-state index in [0.29, 0.717) is 35.6 Å². The Labute approximate surface area is 239 Å². The zero-order valence-corrected chi connectivity index (χ0v) is 27.3. The molecule has 0 aliphatic heterocycles. The minimum absolute atomic E-state index is 0.177. The van der Waals surface area contributed by atoms with Crippen molar-refractivity contribution in [1.82, 2.24) is 0 Å². The van der Waals surface area contributed by atoms with E-state index in [2.05, 4.69) is 87.1 Å². The smallest absolute Gasteiger partial charge is 0.200 e. The summed E-state index contributed by atoms with van der Waals surface area (Å²) < 4.78 is 25.7. The number of hydrogen-bond donors (Lipinski definition) is 0. The summed E-state index contributed by atoms with van der Waals surface area (Å²) in [6.07, 6.45) is 0.551. The summed E-state index contributed by atoms with van der Waals surface area (Å²) in [5.74, 6) is 1.44. The maximum atomic E-state index is 7.15. The molecule has 216 valence electrons. The lowest BCUT2D eigenvalue weighted by Gasteiger charge is -2.42. The molecule has 0 fully saturated rings. The molecule has 0 saturated heterocycles. The van der Waals surface area contributed by atoms with Gasteiger partial charge >= 0.3 is 0 Å². The summed E-state index contributed by atoms with van der Waals surface area (Å²) in [7, 11) is 1.33. The van der Waals surface area contributed by atoms with Crippen molar-refractivity contribution in [2.75, 3.05) is 14.2 Å². The molecule has 0 radical (unpaired) electrons. The molecule has 2 rings (SSSR count). The second-order valence-corrected chi connectivity index (χ2v) is 17.2. The van der Waals surface area contributed by atoms with Crippen LogP contribution in [-0.4, -0.2) is 22.5 Å². The molecule has 2 aromatic rings. The third kappa shape index (κ3) is 7.87. The van der Waals surface area contributed by atoms with Crippen LogP contribution in [0.25, 0.3) is 0 Å². The van der Waals surface area contributed by atoms with Crippen LogP contribution in [-0.2, 0) is 22.4 Å². The Morgan fingerprint density at radius 3 is 1.87 bits per heavy atom. The molecule has 0 aromatic heterocycles. The molecule has 1 unspecified atom stereocenters. The SMILES string of the molecule is C=C(C)C(CC(OC)c1ccc(OC)c(OCc2ccccc2)c1CO[Si](C(C)C)(C(C)C)C(C)C)=C(C)C. The van der Waals surface area contributed by atoms with Gasteiger partial charge in [-0.05, 0) is 60.2 Å². The summed E-state index contributed by atoms with van der Waals surface area (Å²) in [6.45, 7) is 25.4. The first-order chi connectivity index (χ1) is 18.4. The van der Waals surface area contributed by atoms with Gasteiger partial charge in [0.1, 0.15) is 6.61 Å². The predicted octanol–water partition coefficient (Wildman–Crippen LogP) is 9.96. The van der Waals surface area contributed by atoms with E-state index in [4.69, 9.17) is 18.6 Å². The van der Waals surface area contributed by atoms with Crippen molar-refractivity contribution < 1.29 is 18.6 Å². The van der Waals surface area contributed by atoms with Crippen LogP contribution in [0.2, 0.25) is 16.6 Å². The number of rotatable bonds is 15. The summed E-state index contributed by atoms with van der Waals surface area (Å²) in [4.78, 5) is 0. The second-order valence-electron chi connectivity index (χ2n) is 11.7. The highest BCUT2D eigenvalue weighted by Gasteiger charge is 2.45. The standard InChI is InChI=1S/C34H52O4Si/c1-23(2)30(24(3)4)20-33(36-12)29-18-19-32(35-11)34(37-21-28-16-14-13-15-17-28)31(29)22-38-39(25(5)6,26(7)8)27(9)10/h13-19,25-27,33H,1,20-22H2,2-12H3. The maximum Gasteiger partial charge on any atom is 0.200 e. The molecule has 0 aliphatic carbocycles. The van der Waals surface area contributed by atoms with Gasteiger partial charge in [-0.25, -0.2) is 0 Å². The monoisotopic (exact) mass is 552 g/mol. The third-order valence-corrected chi connectivity index (χ3v) is 14.1. The van der Waals surface area contributed by atoms with E-state index in [9.17, 15) is 0 Å². The molecule has 5 heteroatoms. The number of methoxy groups -OCH3 is 2. The van der Waals surface area contributed by atoms with Gasteiger partial charge in [0.25, 0.3) is 0 Å². The van der Waals surface area contributed by atoms with E-state index in [1.54, 1.807) is 14.2 Å². The normalized spacial score (nSPS) is 12.7. The van der Waals surface area contributed by atoms with Crippen molar-refractivity contribution in [1.29, 1.82) is 0 Å². The Kier molecular flexibility index (Phi) is 12.5. The minimum atomic E-state index is -2.14. The number of benzene rings is 2. The van der Waals surface area contributed by atoms with E-state index in [-0.39, 0.29) is 6.10 Å². The molecule has 0 heterocycles. The number of allylic oxidation sites excluding steroid dienone is 2. The van der Waals surface area contributed by atoms with Gasteiger partial charge in [0, 0.05) is 19.1 Å². The first-order valence-corrected chi connectivity index (χ1v) is 16.4. The van der Waals surface area contributed by atoms with Gasteiger partial charge in [0.15, 0.2) is 11.5 Å². The van der Waals surface area contributed by atoms with Crippen LogP contribution in [0.3, 0.4) is 0 Å². The Hall–Kier alpha value is -2.34. The third-order valence-electron chi connectivity index (χ3n) is 8.02. The Balaban J connectivity index is 2.69. The van der Waals surface area contributed by atoms with E-state index >= 15 is 0 Å². The molecule has 1 atom stereocenters. The zero-order valence-electron chi connectivity index (χ0n) is 26.3. The molecule has 4 nitrogen and oxygen atoms in total. The predicted molar refractivity (Wildman–Crippen MR) is 167 cm³/mol. The van der Waals surface area contributed by atoms with Gasteiger partial charge in [-0.1, -0.05) is 95.7 Å². The fourth-order valence-electron chi connectivity index (χ4n) is 6.13. The molecule has 0 amide bonds. The average Bonchev–Trinajstić information content (AvgIpc) is 2.88. The number of hydrogen-bond acceptors (Lipinski definition) is 4. The average molecular weight is 553 g/mol. The topological polar surface area (TPSA) is 36.9 Å². The van der Waals surface area contributed by atoms with Crippen molar-refractivity contribution in [3.63, 3.8) is 0 Å². The minimum Gasteiger partial charge on any atom is -0.493 e. The second kappa shape index (κ2) is 14.9. The van der Waals surface area contributed by atoms with Crippen molar-refractivity contribution in [3.05, 3.63) is 82.5 Å². The zero-order chi connectivity index (χ0) is 29.3. The van der Waals surface area contributed by atoms with Crippen LogP contribution in [0.5, 0.6) is 11.5 Å². The Morgan fingerprint density at radius 1 is 0.821 bits per heavy atom. The Morgan fingerprint density at radius 2 is 1.41 bits per heavy atom. The quantitative estimate of drug-likeness (QED) is 0.163.